The smallest absolute Gasteiger partial charge is 0.254 e. The highest BCUT2D eigenvalue weighted by atomic mass is 19.1. The second kappa shape index (κ2) is 4.31. The van der Waals surface area contributed by atoms with E-state index in [-0.39, 0.29) is 11.5 Å². The summed E-state index contributed by atoms with van der Waals surface area (Å²) < 4.78 is 13.6. The van der Waals surface area contributed by atoms with E-state index < -0.39 is 5.82 Å². The lowest BCUT2D eigenvalue weighted by molar-refractivity contribution is 0.0953. The van der Waals surface area contributed by atoms with Gasteiger partial charge in [-0.05, 0) is 23.8 Å². The molecule has 0 saturated carbocycles. The Morgan fingerprint density at radius 3 is 2.75 bits per heavy atom. The first-order valence-corrected chi connectivity index (χ1v) is 5.19. The highest BCUT2D eigenvalue weighted by molar-refractivity contribution is 6.07. The highest BCUT2D eigenvalue weighted by Crippen LogP contribution is 2.21. The van der Waals surface area contributed by atoms with Crippen LogP contribution in [0.5, 0.6) is 0 Å². The molecule has 0 fully saturated rings. The van der Waals surface area contributed by atoms with Crippen molar-refractivity contribution in [3.63, 3.8) is 0 Å². The Balaban J connectivity index is 2.66. The number of carbonyl (C=O) groups is 1. The number of hydrogen-bond acceptors (Lipinski definition) is 1. The van der Waals surface area contributed by atoms with E-state index in [1.165, 1.54) is 6.07 Å². The maximum atomic E-state index is 13.6. The lowest BCUT2D eigenvalue weighted by atomic mass is 10.0. The minimum Gasteiger partial charge on any atom is -0.352 e. The van der Waals surface area contributed by atoms with Crippen LogP contribution in [0.2, 0.25) is 0 Å². The van der Waals surface area contributed by atoms with Gasteiger partial charge in [0.1, 0.15) is 5.82 Å². The van der Waals surface area contributed by atoms with Crippen molar-refractivity contribution in [2.45, 2.75) is 6.92 Å². The molecular weight excluding hydrogens is 205 g/mol. The number of carbonyl (C=O) groups excluding carboxylic acids is 1. The molecule has 0 unspecified atom stereocenters. The van der Waals surface area contributed by atoms with Crippen molar-refractivity contribution in [1.82, 2.24) is 5.32 Å². The molecule has 0 radical (unpaired) electrons. The van der Waals surface area contributed by atoms with Crippen LogP contribution < -0.4 is 5.32 Å². The predicted octanol–water partition coefficient (Wildman–Crippen LogP) is 2.73. The van der Waals surface area contributed by atoms with E-state index in [9.17, 15) is 9.18 Å². The monoisotopic (exact) mass is 217 g/mol. The van der Waals surface area contributed by atoms with E-state index in [0.29, 0.717) is 11.9 Å². The number of halogens is 1. The maximum absolute atomic E-state index is 13.6. The van der Waals surface area contributed by atoms with Crippen molar-refractivity contribution in [2.24, 2.45) is 0 Å². The average Bonchev–Trinajstić information content (AvgIpc) is 2.29. The molecule has 3 heteroatoms. The maximum Gasteiger partial charge on any atom is 0.254 e. The summed E-state index contributed by atoms with van der Waals surface area (Å²) in [5.74, 6) is -0.846. The zero-order valence-corrected chi connectivity index (χ0v) is 8.96. The molecule has 2 aromatic carbocycles. The fourth-order valence-electron chi connectivity index (χ4n) is 1.72. The summed E-state index contributed by atoms with van der Waals surface area (Å²) in [5.41, 5.74) is 0.125. The summed E-state index contributed by atoms with van der Waals surface area (Å²) in [5, 5.41) is 4.13. The van der Waals surface area contributed by atoms with Crippen LogP contribution in [0.15, 0.2) is 36.4 Å². The first-order valence-electron chi connectivity index (χ1n) is 5.19. The molecule has 0 aromatic heterocycles. The van der Waals surface area contributed by atoms with Crippen molar-refractivity contribution in [2.75, 3.05) is 6.54 Å². The van der Waals surface area contributed by atoms with Crippen LogP contribution in [-0.4, -0.2) is 12.5 Å². The molecule has 82 valence electrons. The summed E-state index contributed by atoms with van der Waals surface area (Å²) in [6.07, 6.45) is 0. The second-order valence-electron chi connectivity index (χ2n) is 3.50. The molecule has 2 rings (SSSR count). The second-order valence-corrected chi connectivity index (χ2v) is 3.50. The number of hydrogen-bond donors (Lipinski definition) is 1. The lowest BCUT2D eigenvalue weighted by Gasteiger charge is -2.07. The molecular formula is C13H12FNO. The summed E-state index contributed by atoms with van der Waals surface area (Å²) in [4.78, 5) is 11.7. The fourth-order valence-corrected chi connectivity index (χ4v) is 1.72. The molecule has 2 nitrogen and oxygen atoms in total. The van der Waals surface area contributed by atoms with Crippen molar-refractivity contribution in [3.8, 4) is 0 Å². The van der Waals surface area contributed by atoms with Gasteiger partial charge in [0.05, 0.1) is 5.56 Å². The van der Waals surface area contributed by atoms with Gasteiger partial charge in [-0.2, -0.15) is 0 Å². The van der Waals surface area contributed by atoms with Crippen molar-refractivity contribution >= 4 is 16.7 Å². The molecule has 16 heavy (non-hydrogen) atoms. The van der Waals surface area contributed by atoms with E-state index in [1.807, 2.05) is 12.1 Å². The Morgan fingerprint density at radius 2 is 2.00 bits per heavy atom. The molecule has 1 amide bonds. The molecule has 0 bridgehead atoms. The van der Waals surface area contributed by atoms with Gasteiger partial charge in [-0.1, -0.05) is 30.3 Å². The number of nitrogens with one attached hydrogen (secondary N) is 1. The van der Waals surface area contributed by atoms with Crippen LogP contribution in [0.1, 0.15) is 17.3 Å². The quantitative estimate of drug-likeness (QED) is 0.823. The third kappa shape index (κ3) is 1.76. The standard InChI is InChI=1S/C13H12FNO/c1-2-15-13(16)12-10-6-4-3-5-9(10)7-8-11(12)14/h3-8H,2H2,1H3,(H,15,16). The van der Waals surface area contributed by atoms with Gasteiger partial charge in [0.25, 0.3) is 5.91 Å². The molecule has 0 aliphatic rings. The van der Waals surface area contributed by atoms with Crippen molar-refractivity contribution < 1.29 is 9.18 Å². The Kier molecular flexibility index (Phi) is 2.86. The van der Waals surface area contributed by atoms with Crippen LogP contribution in [0.25, 0.3) is 10.8 Å². The van der Waals surface area contributed by atoms with Gasteiger partial charge in [-0.15, -0.1) is 0 Å². The third-order valence-corrected chi connectivity index (χ3v) is 2.44. The topological polar surface area (TPSA) is 29.1 Å². The van der Waals surface area contributed by atoms with Crippen LogP contribution in [0.4, 0.5) is 4.39 Å². The third-order valence-electron chi connectivity index (χ3n) is 2.44. The molecule has 2 aromatic rings. The molecule has 0 atom stereocenters. The zero-order valence-electron chi connectivity index (χ0n) is 8.96. The minimum atomic E-state index is -0.482. The lowest BCUT2D eigenvalue weighted by Crippen LogP contribution is -2.24. The van der Waals surface area contributed by atoms with Gasteiger partial charge >= 0.3 is 0 Å². The van der Waals surface area contributed by atoms with Crippen LogP contribution in [-0.2, 0) is 0 Å². The number of benzene rings is 2. The van der Waals surface area contributed by atoms with E-state index in [4.69, 9.17) is 0 Å². The molecule has 0 heterocycles. The first-order chi connectivity index (χ1) is 7.74. The Labute approximate surface area is 93.1 Å². The van der Waals surface area contributed by atoms with Gasteiger partial charge in [-0.25, -0.2) is 4.39 Å². The van der Waals surface area contributed by atoms with Crippen molar-refractivity contribution in [1.29, 1.82) is 0 Å². The van der Waals surface area contributed by atoms with Gasteiger partial charge in [0, 0.05) is 6.54 Å². The molecule has 0 aliphatic heterocycles. The van der Waals surface area contributed by atoms with E-state index in [0.717, 1.165) is 5.39 Å². The molecule has 0 spiro atoms. The summed E-state index contributed by atoms with van der Waals surface area (Å²) >= 11 is 0. The van der Waals surface area contributed by atoms with Crippen LogP contribution in [0.3, 0.4) is 0 Å². The largest absolute Gasteiger partial charge is 0.352 e. The Morgan fingerprint density at radius 1 is 1.25 bits per heavy atom. The summed E-state index contributed by atoms with van der Waals surface area (Å²) in [6.45, 7) is 2.29. The average molecular weight is 217 g/mol. The van der Waals surface area contributed by atoms with E-state index in [2.05, 4.69) is 5.32 Å². The summed E-state index contributed by atoms with van der Waals surface area (Å²) in [6, 6.07) is 10.3. The summed E-state index contributed by atoms with van der Waals surface area (Å²) in [7, 11) is 0. The minimum absolute atomic E-state index is 0.125. The van der Waals surface area contributed by atoms with Gasteiger partial charge in [0.15, 0.2) is 0 Å². The fraction of sp³-hybridized carbons (Fsp3) is 0.154. The SMILES string of the molecule is CCNC(=O)c1c(F)ccc2ccccc12. The first kappa shape index (κ1) is 10.6. The van der Waals surface area contributed by atoms with Gasteiger partial charge in [-0.3, -0.25) is 4.79 Å². The van der Waals surface area contributed by atoms with Gasteiger partial charge in [0.2, 0.25) is 0 Å². The van der Waals surface area contributed by atoms with Crippen LogP contribution >= 0.6 is 0 Å². The number of amides is 1. The zero-order chi connectivity index (χ0) is 11.5. The highest BCUT2D eigenvalue weighted by Gasteiger charge is 2.14. The normalized spacial score (nSPS) is 10.4. The van der Waals surface area contributed by atoms with Crippen molar-refractivity contribution in [3.05, 3.63) is 47.8 Å². The molecule has 0 saturated heterocycles. The Bertz CT molecular complexity index is 536. The number of fused-ring (bicyclic) bond motifs is 1. The van der Waals surface area contributed by atoms with Crippen LogP contribution in [0, 0.1) is 5.82 Å². The molecule has 0 aliphatic carbocycles. The van der Waals surface area contributed by atoms with E-state index in [1.54, 1.807) is 25.1 Å². The number of rotatable bonds is 2. The molecule has 1 N–H and O–H groups in total. The predicted molar refractivity (Wildman–Crippen MR) is 61.9 cm³/mol. The van der Waals surface area contributed by atoms with E-state index >= 15 is 0 Å². The van der Waals surface area contributed by atoms with Gasteiger partial charge < -0.3 is 5.32 Å². The Hall–Kier alpha value is -1.90.